The van der Waals surface area contributed by atoms with Crippen LogP contribution in [0.3, 0.4) is 0 Å². The molecular formula is C11H24IN3O. The predicted molar refractivity (Wildman–Crippen MR) is 78.6 cm³/mol. The fraction of sp³-hybridized carbons (Fsp3) is 0.909. The van der Waals surface area contributed by atoms with Gasteiger partial charge in [0.05, 0.1) is 0 Å². The second kappa shape index (κ2) is 8.11. The first kappa shape index (κ1) is 16.0. The van der Waals surface area contributed by atoms with Gasteiger partial charge in [-0.15, -0.1) is 24.0 Å². The molecule has 4 nitrogen and oxygen atoms in total. The van der Waals surface area contributed by atoms with Crippen LogP contribution in [0.25, 0.3) is 0 Å². The number of hydrogen-bond acceptors (Lipinski definition) is 4. The average molecular weight is 341 g/mol. The molecule has 0 amide bonds. The molecule has 1 rings (SSSR count). The lowest BCUT2D eigenvalue weighted by atomic mass is 9.90. The average Bonchev–Trinajstić information content (AvgIpc) is 2.25. The second-order valence-electron chi connectivity index (χ2n) is 4.77. The van der Waals surface area contributed by atoms with Crippen LogP contribution in [0.1, 0.15) is 26.7 Å². The molecule has 0 unspecified atom stereocenters. The summed E-state index contributed by atoms with van der Waals surface area (Å²) in [5.74, 6) is 0.951. The number of hydrogen-bond donors (Lipinski definition) is 2. The molecule has 96 valence electrons. The summed E-state index contributed by atoms with van der Waals surface area (Å²) in [5.41, 5.74) is 0.248. The van der Waals surface area contributed by atoms with Crippen LogP contribution in [-0.4, -0.2) is 39.3 Å². The lowest BCUT2D eigenvalue weighted by molar-refractivity contribution is 0.153. The van der Waals surface area contributed by atoms with Crippen LogP contribution in [0, 0.1) is 5.41 Å². The Morgan fingerprint density at radius 2 is 2.25 bits per heavy atom. The Morgan fingerprint density at radius 1 is 1.50 bits per heavy atom. The summed E-state index contributed by atoms with van der Waals surface area (Å²) in [4.78, 5) is 4.38. The van der Waals surface area contributed by atoms with E-state index in [-0.39, 0.29) is 29.4 Å². The van der Waals surface area contributed by atoms with E-state index < -0.39 is 0 Å². The molecule has 2 N–H and O–H groups in total. The third-order valence-corrected chi connectivity index (χ3v) is 2.61. The Hall–Kier alpha value is -0.0400. The quantitative estimate of drug-likeness (QED) is 0.747. The van der Waals surface area contributed by atoms with Gasteiger partial charge in [0.15, 0.2) is 5.96 Å². The number of nitrogens with one attached hydrogen (secondary N) is 2. The van der Waals surface area contributed by atoms with Gasteiger partial charge >= 0.3 is 0 Å². The van der Waals surface area contributed by atoms with Crippen LogP contribution in [0.2, 0.25) is 0 Å². The highest BCUT2D eigenvalue weighted by Gasteiger charge is 2.18. The number of halogens is 1. The van der Waals surface area contributed by atoms with Crippen LogP contribution >= 0.6 is 24.0 Å². The van der Waals surface area contributed by atoms with Gasteiger partial charge in [-0.1, -0.05) is 13.8 Å². The first-order valence-corrected chi connectivity index (χ1v) is 5.65. The number of rotatable bonds is 5. The largest absolute Gasteiger partial charge is 0.385 e. The molecule has 0 spiro atoms. The molecule has 0 radical (unpaired) electrons. The maximum absolute atomic E-state index is 5.10. The Morgan fingerprint density at radius 3 is 2.81 bits per heavy atom. The van der Waals surface area contributed by atoms with E-state index in [0.717, 1.165) is 45.0 Å². The zero-order valence-corrected chi connectivity index (χ0v) is 12.8. The van der Waals surface area contributed by atoms with Gasteiger partial charge in [-0.2, -0.15) is 0 Å². The summed E-state index contributed by atoms with van der Waals surface area (Å²) in [5, 5.41) is 6.61. The third kappa shape index (κ3) is 6.52. The number of guanidine groups is 1. The van der Waals surface area contributed by atoms with Crippen molar-refractivity contribution in [1.29, 1.82) is 0 Å². The molecule has 0 aromatic rings. The van der Waals surface area contributed by atoms with Gasteiger partial charge in [0.25, 0.3) is 0 Å². The summed E-state index contributed by atoms with van der Waals surface area (Å²) in [6.07, 6.45) is 2.20. The second-order valence-corrected chi connectivity index (χ2v) is 4.77. The summed E-state index contributed by atoms with van der Waals surface area (Å²) in [6.45, 7) is 8.19. The molecule has 1 aliphatic rings. The first-order chi connectivity index (χ1) is 7.14. The van der Waals surface area contributed by atoms with Crippen LogP contribution < -0.4 is 10.6 Å². The molecule has 0 bridgehead atoms. The summed E-state index contributed by atoms with van der Waals surface area (Å²) >= 11 is 0. The number of nitrogens with zero attached hydrogens (tertiary/aromatic N) is 1. The van der Waals surface area contributed by atoms with Crippen molar-refractivity contribution in [3.05, 3.63) is 0 Å². The summed E-state index contributed by atoms with van der Waals surface area (Å²) in [7, 11) is 1.75. The molecule has 0 aliphatic carbocycles. The first-order valence-electron chi connectivity index (χ1n) is 5.65. The van der Waals surface area contributed by atoms with E-state index in [9.17, 15) is 0 Å². The maximum atomic E-state index is 5.10. The normalized spacial score (nSPS) is 15.8. The van der Waals surface area contributed by atoms with Crippen LogP contribution in [-0.2, 0) is 4.74 Å². The van der Waals surface area contributed by atoms with Gasteiger partial charge in [-0.25, -0.2) is 0 Å². The number of ether oxygens (including phenoxy) is 1. The molecule has 1 heterocycles. The van der Waals surface area contributed by atoms with Crippen LogP contribution in [0.5, 0.6) is 0 Å². The molecule has 0 saturated carbocycles. The highest BCUT2D eigenvalue weighted by Crippen LogP contribution is 2.18. The number of methoxy groups -OCH3 is 1. The van der Waals surface area contributed by atoms with Gasteiger partial charge in [-0.3, -0.25) is 4.99 Å². The lowest BCUT2D eigenvalue weighted by Gasteiger charge is -2.26. The van der Waals surface area contributed by atoms with Crippen LogP contribution in [0.15, 0.2) is 4.99 Å². The van der Waals surface area contributed by atoms with Crippen molar-refractivity contribution >= 4 is 29.9 Å². The molecular weight excluding hydrogens is 317 g/mol. The minimum Gasteiger partial charge on any atom is -0.385 e. The zero-order valence-electron chi connectivity index (χ0n) is 10.5. The topological polar surface area (TPSA) is 45.6 Å². The fourth-order valence-corrected chi connectivity index (χ4v) is 1.44. The minimum atomic E-state index is 0. The van der Waals surface area contributed by atoms with Gasteiger partial charge in [0.2, 0.25) is 0 Å². The van der Waals surface area contributed by atoms with Crippen molar-refractivity contribution in [3.8, 4) is 0 Å². The molecule has 0 fully saturated rings. The summed E-state index contributed by atoms with van der Waals surface area (Å²) < 4.78 is 5.10. The van der Waals surface area contributed by atoms with E-state index in [1.165, 1.54) is 0 Å². The van der Waals surface area contributed by atoms with Crippen molar-refractivity contribution < 1.29 is 4.74 Å². The smallest absolute Gasteiger partial charge is 0.191 e. The summed E-state index contributed by atoms with van der Waals surface area (Å²) in [6, 6.07) is 0. The fourth-order valence-electron chi connectivity index (χ4n) is 1.44. The monoisotopic (exact) mass is 341 g/mol. The minimum absolute atomic E-state index is 0. The Labute approximate surface area is 116 Å². The van der Waals surface area contributed by atoms with E-state index in [4.69, 9.17) is 4.74 Å². The number of aliphatic imine (C=N–C) groups is 1. The Kier molecular flexibility index (Phi) is 8.09. The highest BCUT2D eigenvalue weighted by atomic mass is 127. The lowest BCUT2D eigenvalue weighted by Crippen LogP contribution is -2.44. The van der Waals surface area contributed by atoms with Gasteiger partial charge in [-0.05, 0) is 18.3 Å². The van der Waals surface area contributed by atoms with Crippen molar-refractivity contribution in [2.45, 2.75) is 26.7 Å². The molecule has 16 heavy (non-hydrogen) atoms. The van der Waals surface area contributed by atoms with Crippen molar-refractivity contribution in [2.24, 2.45) is 10.4 Å². The van der Waals surface area contributed by atoms with E-state index in [0.29, 0.717) is 0 Å². The van der Waals surface area contributed by atoms with E-state index in [1.54, 1.807) is 7.11 Å². The Balaban J connectivity index is 0.00000225. The van der Waals surface area contributed by atoms with Crippen LogP contribution in [0.4, 0.5) is 0 Å². The van der Waals surface area contributed by atoms with E-state index in [1.807, 2.05) is 0 Å². The SMILES string of the molecule is COCCC(C)(C)CNC1=NCCCN1.I. The molecule has 0 atom stereocenters. The molecule has 1 aliphatic heterocycles. The van der Waals surface area contributed by atoms with Gasteiger partial charge < -0.3 is 15.4 Å². The molecule has 0 aromatic heterocycles. The third-order valence-electron chi connectivity index (χ3n) is 2.61. The zero-order chi connectivity index (χ0) is 11.1. The maximum Gasteiger partial charge on any atom is 0.191 e. The molecule has 5 heteroatoms. The standard InChI is InChI=1S/C11H23N3O.HI/c1-11(2,5-8-15-3)9-14-10-12-6-4-7-13-10;/h4-9H2,1-3H3,(H2,12,13,14);1H. The highest BCUT2D eigenvalue weighted by molar-refractivity contribution is 14.0. The van der Waals surface area contributed by atoms with E-state index in [2.05, 4.69) is 29.5 Å². The predicted octanol–water partition coefficient (Wildman–Crippen LogP) is 1.61. The Bertz CT molecular complexity index is 219. The molecule has 0 aromatic carbocycles. The van der Waals surface area contributed by atoms with Crippen molar-refractivity contribution in [3.63, 3.8) is 0 Å². The van der Waals surface area contributed by atoms with Gasteiger partial charge in [0.1, 0.15) is 0 Å². The van der Waals surface area contributed by atoms with Crippen molar-refractivity contribution in [1.82, 2.24) is 10.6 Å². The van der Waals surface area contributed by atoms with Crippen molar-refractivity contribution in [2.75, 3.05) is 33.4 Å². The molecule has 0 saturated heterocycles. The van der Waals surface area contributed by atoms with E-state index >= 15 is 0 Å². The van der Waals surface area contributed by atoms with Gasteiger partial charge in [0, 0.05) is 33.4 Å².